The molecule has 1 fully saturated rings. The van der Waals surface area contributed by atoms with E-state index >= 15 is 0 Å². The number of hydrogen-bond donors (Lipinski definition) is 2. The Morgan fingerprint density at radius 1 is 1.24 bits per heavy atom. The second kappa shape index (κ2) is 12.4. The monoisotopic (exact) mass is 484 g/mol. The summed E-state index contributed by atoms with van der Waals surface area (Å²) in [7, 11) is 1.51. The fraction of sp³-hybridized carbons (Fsp3) is 0.440. The maximum atomic E-state index is 13.4. The van der Waals surface area contributed by atoms with Crippen molar-refractivity contribution in [3.8, 4) is 5.75 Å². The molecule has 2 N–H and O–H groups in total. The highest BCUT2D eigenvalue weighted by Gasteiger charge is 2.33. The Kier molecular flexibility index (Phi) is 9.33. The number of aryl methyl sites for hydroxylation is 1. The van der Waals surface area contributed by atoms with Crippen LogP contribution in [0.15, 0.2) is 42.6 Å². The number of amides is 3. The molecule has 1 aliphatic rings. The topological polar surface area (TPSA) is 101 Å². The van der Waals surface area contributed by atoms with Crippen molar-refractivity contribution in [1.82, 2.24) is 15.2 Å². The molecule has 1 aromatic heterocycles. The summed E-state index contributed by atoms with van der Waals surface area (Å²) in [5, 5.41) is 5.79. The molecule has 1 aliphatic heterocycles. The van der Waals surface area contributed by atoms with Gasteiger partial charge in [0.25, 0.3) is 5.91 Å². The number of carbonyl (C=O) groups excluding carboxylic acids is 3. The first-order valence-corrected chi connectivity index (χ1v) is 12.8. The Bertz CT molecular complexity index is 1020. The summed E-state index contributed by atoms with van der Waals surface area (Å²) in [4.78, 5) is 45.2. The number of anilines is 1. The number of para-hydroxylation sites is 1. The second-order valence-corrected chi connectivity index (χ2v) is 9.27. The van der Waals surface area contributed by atoms with E-state index < -0.39 is 6.04 Å². The summed E-state index contributed by atoms with van der Waals surface area (Å²) in [6, 6.07) is 9.96. The lowest BCUT2D eigenvalue weighted by atomic mass is 9.96. The van der Waals surface area contributed by atoms with Crippen LogP contribution in [-0.2, 0) is 9.59 Å². The van der Waals surface area contributed by atoms with Crippen molar-refractivity contribution in [1.29, 1.82) is 0 Å². The van der Waals surface area contributed by atoms with Crippen molar-refractivity contribution in [2.24, 2.45) is 5.92 Å². The van der Waals surface area contributed by atoms with E-state index in [1.165, 1.54) is 7.11 Å². The van der Waals surface area contributed by atoms with Crippen molar-refractivity contribution in [3.63, 3.8) is 0 Å². The highest BCUT2D eigenvalue weighted by atomic mass is 32.2. The number of rotatable bonds is 9. The molecule has 2 atom stereocenters. The summed E-state index contributed by atoms with van der Waals surface area (Å²) >= 11 is 1.61. The average molecular weight is 485 g/mol. The van der Waals surface area contributed by atoms with E-state index in [1.54, 1.807) is 47.1 Å². The van der Waals surface area contributed by atoms with Gasteiger partial charge >= 0.3 is 0 Å². The van der Waals surface area contributed by atoms with Crippen LogP contribution < -0.4 is 15.4 Å². The number of pyridine rings is 1. The first kappa shape index (κ1) is 25.6. The van der Waals surface area contributed by atoms with Gasteiger partial charge in [-0.1, -0.05) is 18.2 Å². The standard InChI is InChI=1S/C25H32N4O4S/c1-17-8-6-13-26-22(17)28-23(30)18-9-7-14-29(16-18)25(32)20(12-15-34-3)27-24(31)19-10-4-5-11-21(19)33-2/h4-6,8,10-11,13,18,20H,7,9,12,14-16H2,1-3H3,(H,27,31)(H,26,28,30). The minimum absolute atomic E-state index is 0.141. The lowest BCUT2D eigenvalue weighted by Gasteiger charge is -2.34. The van der Waals surface area contributed by atoms with Crippen molar-refractivity contribution >= 4 is 35.3 Å². The first-order valence-electron chi connectivity index (χ1n) is 11.4. The highest BCUT2D eigenvalue weighted by molar-refractivity contribution is 7.98. The molecule has 0 aliphatic carbocycles. The molecule has 9 heteroatoms. The van der Waals surface area contributed by atoms with Crippen LogP contribution >= 0.6 is 11.8 Å². The predicted molar refractivity (Wildman–Crippen MR) is 134 cm³/mol. The molecule has 34 heavy (non-hydrogen) atoms. The lowest BCUT2D eigenvalue weighted by molar-refractivity contribution is -0.136. The molecule has 2 aromatic rings. The fourth-order valence-electron chi connectivity index (χ4n) is 4.01. The van der Waals surface area contributed by atoms with Gasteiger partial charge < -0.3 is 20.3 Å². The number of carbonyl (C=O) groups is 3. The number of thioether (sulfide) groups is 1. The molecule has 0 bridgehead atoms. The fourth-order valence-corrected chi connectivity index (χ4v) is 4.48. The number of ether oxygens (including phenoxy) is 1. The molecule has 2 heterocycles. The van der Waals surface area contributed by atoms with Crippen molar-refractivity contribution in [2.45, 2.75) is 32.2 Å². The Morgan fingerprint density at radius 3 is 2.76 bits per heavy atom. The lowest BCUT2D eigenvalue weighted by Crippen LogP contribution is -2.52. The van der Waals surface area contributed by atoms with E-state index in [2.05, 4.69) is 15.6 Å². The number of hydrogen-bond acceptors (Lipinski definition) is 6. The first-order chi connectivity index (χ1) is 16.4. The van der Waals surface area contributed by atoms with E-state index in [-0.39, 0.29) is 23.6 Å². The number of methoxy groups -OCH3 is 1. The molecule has 0 saturated carbocycles. The number of nitrogens with zero attached hydrogens (tertiary/aromatic N) is 2. The van der Waals surface area contributed by atoms with Gasteiger partial charge in [0.05, 0.1) is 18.6 Å². The summed E-state index contributed by atoms with van der Waals surface area (Å²) in [5.74, 6) is 0.730. The van der Waals surface area contributed by atoms with E-state index in [9.17, 15) is 14.4 Å². The van der Waals surface area contributed by atoms with E-state index in [0.29, 0.717) is 43.1 Å². The molecule has 1 saturated heterocycles. The number of aromatic nitrogens is 1. The number of piperidine rings is 1. The second-order valence-electron chi connectivity index (χ2n) is 8.29. The van der Waals surface area contributed by atoms with Crippen LogP contribution in [0.5, 0.6) is 5.75 Å². The zero-order valence-corrected chi connectivity index (χ0v) is 20.7. The minimum atomic E-state index is -0.676. The van der Waals surface area contributed by atoms with E-state index in [0.717, 1.165) is 17.7 Å². The van der Waals surface area contributed by atoms with Gasteiger partial charge in [-0.15, -0.1) is 0 Å². The molecule has 0 radical (unpaired) electrons. The maximum absolute atomic E-state index is 13.4. The molecular weight excluding hydrogens is 452 g/mol. The normalized spacial score (nSPS) is 16.4. The summed E-state index contributed by atoms with van der Waals surface area (Å²) in [5.41, 5.74) is 1.27. The van der Waals surface area contributed by atoms with Gasteiger partial charge in [-0.25, -0.2) is 4.98 Å². The number of benzene rings is 1. The van der Waals surface area contributed by atoms with Gasteiger partial charge in [-0.2, -0.15) is 11.8 Å². The third-order valence-corrected chi connectivity index (χ3v) is 6.56. The van der Waals surface area contributed by atoms with Crippen molar-refractivity contribution in [3.05, 3.63) is 53.7 Å². The molecule has 1 aromatic carbocycles. The quantitative estimate of drug-likeness (QED) is 0.567. The van der Waals surface area contributed by atoms with Crippen LogP contribution in [0.3, 0.4) is 0 Å². The number of nitrogens with one attached hydrogen (secondary N) is 2. The van der Waals surface area contributed by atoms with Crippen LogP contribution in [-0.4, -0.2) is 65.9 Å². The van der Waals surface area contributed by atoms with Gasteiger partial charge in [-0.3, -0.25) is 14.4 Å². The third kappa shape index (κ3) is 6.50. The van der Waals surface area contributed by atoms with Crippen LogP contribution in [0.25, 0.3) is 0 Å². The zero-order chi connectivity index (χ0) is 24.5. The van der Waals surface area contributed by atoms with Crippen LogP contribution in [0.1, 0.15) is 35.2 Å². The summed E-state index contributed by atoms with van der Waals surface area (Å²) < 4.78 is 5.29. The van der Waals surface area contributed by atoms with Crippen LogP contribution in [0.4, 0.5) is 5.82 Å². The smallest absolute Gasteiger partial charge is 0.255 e. The van der Waals surface area contributed by atoms with Gasteiger partial charge in [0.15, 0.2) is 0 Å². The molecule has 8 nitrogen and oxygen atoms in total. The SMILES string of the molecule is COc1ccccc1C(=O)NC(CCSC)C(=O)N1CCCC(C(=O)Nc2ncccc2C)C1. The minimum Gasteiger partial charge on any atom is -0.496 e. The third-order valence-electron chi connectivity index (χ3n) is 5.92. The summed E-state index contributed by atoms with van der Waals surface area (Å²) in [6.07, 6.45) is 5.52. The van der Waals surface area contributed by atoms with Gasteiger partial charge in [0.2, 0.25) is 11.8 Å². The Morgan fingerprint density at radius 2 is 2.03 bits per heavy atom. The van der Waals surface area contributed by atoms with Gasteiger partial charge in [0.1, 0.15) is 17.6 Å². The molecule has 3 rings (SSSR count). The average Bonchev–Trinajstić information content (AvgIpc) is 2.87. The maximum Gasteiger partial charge on any atom is 0.255 e. The predicted octanol–water partition coefficient (Wildman–Crippen LogP) is 3.13. The molecule has 182 valence electrons. The van der Waals surface area contributed by atoms with Crippen molar-refractivity contribution in [2.75, 3.05) is 37.5 Å². The molecule has 2 unspecified atom stereocenters. The molecule has 3 amide bonds. The van der Waals surface area contributed by atoms with E-state index in [4.69, 9.17) is 4.74 Å². The van der Waals surface area contributed by atoms with Crippen LogP contribution in [0.2, 0.25) is 0 Å². The van der Waals surface area contributed by atoms with Crippen LogP contribution in [0, 0.1) is 12.8 Å². The Balaban J connectivity index is 1.68. The Labute approximate surface area is 204 Å². The zero-order valence-electron chi connectivity index (χ0n) is 19.9. The van der Waals surface area contributed by atoms with Crippen molar-refractivity contribution < 1.29 is 19.1 Å². The largest absolute Gasteiger partial charge is 0.496 e. The molecular formula is C25H32N4O4S. The highest BCUT2D eigenvalue weighted by Crippen LogP contribution is 2.22. The summed E-state index contributed by atoms with van der Waals surface area (Å²) in [6.45, 7) is 2.77. The number of likely N-dealkylation sites (tertiary alicyclic amines) is 1. The Hall–Kier alpha value is -3.07. The van der Waals surface area contributed by atoms with Gasteiger partial charge in [-0.05, 0) is 62.0 Å². The van der Waals surface area contributed by atoms with Gasteiger partial charge in [0, 0.05) is 19.3 Å². The van der Waals surface area contributed by atoms with E-state index in [1.807, 2.05) is 25.3 Å². The molecule has 0 spiro atoms.